The van der Waals surface area contributed by atoms with Gasteiger partial charge in [0.2, 0.25) is 0 Å². The summed E-state index contributed by atoms with van der Waals surface area (Å²) in [6, 6.07) is 1.65. The molecule has 4 nitrogen and oxygen atoms in total. The van der Waals surface area contributed by atoms with Gasteiger partial charge in [0.05, 0.1) is 5.56 Å². The second-order valence-corrected chi connectivity index (χ2v) is 5.16. The van der Waals surface area contributed by atoms with Crippen molar-refractivity contribution in [3.63, 3.8) is 0 Å². The van der Waals surface area contributed by atoms with E-state index in [0.717, 1.165) is 30.2 Å². The molecule has 1 aromatic rings. The molecule has 18 heavy (non-hydrogen) atoms. The molecule has 0 radical (unpaired) electrons. The SMILES string of the molecule is O=C(NCCCCCCO)c1cc(Br)cnc1Cl. The summed E-state index contributed by atoms with van der Waals surface area (Å²) < 4.78 is 0.722. The van der Waals surface area contributed by atoms with Crippen molar-refractivity contribution in [1.82, 2.24) is 10.3 Å². The zero-order valence-corrected chi connectivity index (χ0v) is 12.3. The third kappa shape index (κ3) is 5.33. The minimum Gasteiger partial charge on any atom is -0.396 e. The van der Waals surface area contributed by atoms with Gasteiger partial charge in [0, 0.05) is 23.8 Å². The summed E-state index contributed by atoms with van der Waals surface area (Å²) in [5.74, 6) is -0.212. The average molecular weight is 336 g/mol. The molecular formula is C12H16BrClN2O2. The minimum absolute atomic E-state index is 0.205. The summed E-state index contributed by atoms with van der Waals surface area (Å²) in [6.07, 6.45) is 5.23. The molecule has 6 heteroatoms. The highest BCUT2D eigenvalue weighted by Gasteiger charge is 2.11. The van der Waals surface area contributed by atoms with E-state index in [1.54, 1.807) is 12.3 Å². The molecule has 0 bridgehead atoms. The topological polar surface area (TPSA) is 62.2 Å². The van der Waals surface area contributed by atoms with Gasteiger partial charge in [0.15, 0.2) is 0 Å². The van der Waals surface area contributed by atoms with E-state index >= 15 is 0 Å². The lowest BCUT2D eigenvalue weighted by Crippen LogP contribution is -2.25. The summed E-state index contributed by atoms with van der Waals surface area (Å²) in [7, 11) is 0. The molecule has 0 atom stereocenters. The number of pyridine rings is 1. The smallest absolute Gasteiger partial charge is 0.254 e. The van der Waals surface area contributed by atoms with Crippen LogP contribution in [0.1, 0.15) is 36.0 Å². The third-order valence-electron chi connectivity index (χ3n) is 2.42. The number of aromatic nitrogens is 1. The molecule has 2 N–H and O–H groups in total. The van der Waals surface area contributed by atoms with Crippen molar-refractivity contribution in [2.24, 2.45) is 0 Å². The molecule has 1 aromatic heterocycles. The van der Waals surface area contributed by atoms with Crippen LogP contribution in [0, 0.1) is 0 Å². The maximum absolute atomic E-state index is 11.8. The Morgan fingerprint density at radius 2 is 2.11 bits per heavy atom. The number of halogens is 2. The zero-order chi connectivity index (χ0) is 13.4. The standard InChI is InChI=1S/C12H16BrClN2O2/c13-9-7-10(11(14)16-8-9)12(18)15-5-3-1-2-4-6-17/h7-8,17H,1-6H2,(H,15,18). The van der Waals surface area contributed by atoms with Crippen LogP contribution in [0.4, 0.5) is 0 Å². The van der Waals surface area contributed by atoms with Crippen LogP contribution in [-0.4, -0.2) is 29.1 Å². The quantitative estimate of drug-likeness (QED) is 0.595. The number of unbranched alkanes of at least 4 members (excludes halogenated alkanes) is 3. The van der Waals surface area contributed by atoms with Gasteiger partial charge < -0.3 is 10.4 Å². The minimum atomic E-state index is -0.212. The number of hydrogen-bond acceptors (Lipinski definition) is 3. The van der Waals surface area contributed by atoms with Crippen molar-refractivity contribution < 1.29 is 9.90 Å². The van der Waals surface area contributed by atoms with E-state index < -0.39 is 0 Å². The van der Waals surface area contributed by atoms with E-state index in [-0.39, 0.29) is 17.7 Å². The predicted octanol–water partition coefficient (Wildman–Crippen LogP) is 2.78. The van der Waals surface area contributed by atoms with Crippen molar-refractivity contribution in [2.75, 3.05) is 13.2 Å². The molecule has 0 saturated heterocycles. The van der Waals surface area contributed by atoms with Crippen molar-refractivity contribution in [3.8, 4) is 0 Å². The van der Waals surface area contributed by atoms with Crippen LogP contribution in [0.3, 0.4) is 0 Å². The molecule has 0 unspecified atom stereocenters. The number of nitrogens with zero attached hydrogens (tertiary/aromatic N) is 1. The van der Waals surface area contributed by atoms with Crippen molar-refractivity contribution in [3.05, 3.63) is 27.5 Å². The Morgan fingerprint density at radius 3 is 2.83 bits per heavy atom. The van der Waals surface area contributed by atoms with E-state index in [0.29, 0.717) is 12.1 Å². The molecular weight excluding hydrogens is 320 g/mol. The maximum Gasteiger partial charge on any atom is 0.254 e. The number of amides is 1. The van der Waals surface area contributed by atoms with Crippen LogP contribution in [0.5, 0.6) is 0 Å². The van der Waals surface area contributed by atoms with Crippen LogP contribution in [0.2, 0.25) is 5.15 Å². The summed E-state index contributed by atoms with van der Waals surface area (Å²) >= 11 is 9.10. The van der Waals surface area contributed by atoms with E-state index in [1.807, 2.05) is 0 Å². The number of hydrogen-bond donors (Lipinski definition) is 2. The first-order chi connectivity index (χ1) is 8.65. The van der Waals surface area contributed by atoms with Gasteiger partial charge in [-0.05, 0) is 34.8 Å². The van der Waals surface area contributed by atoms with Gasteiger partial charge in [-0.2, -0.15) is 0 Å². The highest BCUT2D eigenvalue weighted by Crippen LogP contribution is 2.17. The largest absolute Gasteiger partial charge is 0.396 e. The van der Waals surface area contributed by atoms with Crippen molar-refractivity contribution in [1.29, 1.82) is 0 Å². The molecule has 0 saturated carbocycles. The molecule has 100 valence electrons. The summed E-state index contributed by atoms with van der Waals surface area (Å²) in [4.78, 5) is 15.7. The average Bonchev–Trinajstić information content (AvgIpc) is 2.36. The molecule has 0 fully saturated rings. The molecule has 1 heterocycles. The Kier molecular flexibility index (Phi) is 7.23. The first-order valence-electron chi connectivity index (χ1n) is 5.85. The van der Waals surface area contributed by atoms with E-state index in [2.05, 4.69) is 26.2 Å². The monoisotopic (exact) mass is 334 g/mol. The first-order valence-corrected chi connectivity index (χ1v) is 7.02. The fraction of sp³-hybridized carbons (Fsp3) is 0.500. The highest BCUT2D eigenvalue weighted by molar-refractivity contribution is 9.10. The molecule has 0 spiro atoms. The predicted molar refractivity (Wildman–Crippen MR) is 74.8 cm³/mol. The van der Waals surface area contributed by atoms with Crippen LogP contribution >= 0.6 is 27.5 Å². The fourth-order valence-corrected chi connectivity index (χ4v) is 1.99. The van der Waals surface area contributed by atoms with Crippen LogP contribution in [0.25, 0.3) is 0 Å². The van der Waals surface area contributed by atoms with E-state index in [4.69, 9.17) is 16.7 Å². The Balaban J connectivity index is 2.34. The number of aliphatic hydroxyl groups is 1. The molecule has 0 aliphatic heterocycles. The van der Waals surface area contributed by atoms with Crippen molar-refractivity contribution in [2.45, 2.75) is 25.7 Å². The Labute approximate surface area is 120 Å². The second kappa shape index (κ2) is 8.45. The molecule has 0 aliphatic rings. The molecule has 0 aliphatic carbocycles. The van der Waals surface area contributed by atoms with Gasteiger partial charge in [-0.1, -0.05) is 24.4 Å². The van der Waals surface area contributed by atoms with Gasteiger partial charge in [0.25, 0.3) is 5.91 Å². The number of aliphatic hydroxyl groups excluding tert-OH is 1. The lowest BCUT2D eigenvalue weighted by atomic mass is 10.2. The number of carbonyl (C=O) groups excluding carboxylic acids is 1. The Bertz CT molecular complexity index is 402. The second-order valence-electron chi connectivity index (χ2n) is 3.89. The summed E-state index contributed by atoms with van der Waals surface area (Å²) in [6.45, 7) is 0.832. The normalized spacial score (nSPS) is 10.4. The molecule has 1 amide bonds. The number of rotatable bonds is 7. The lowest BCUT2D eigenvalue weighted by Gasteiger charge is -2.06. The first kappa shape index (κ1) is 15.4. The lowest BCUT2D eigenvalue weighted by molar-refractivity contribution is 0.0952. The van der Waals surface area contributed by atoms with E-state index in [1.165, 1.54) is 0 Å². The van der Waals surface area contributed by atoms with E-state index in [9.17, 15) is 4.79 Å². The Hall–Kier alpha value is -0.650. The van der Waals surface area contributed by atoms with Crippen molar-refractivity contribution >= 4 is 33.4 Å². The molecule has 1 rings (SSSR count). The summed E-state index contributed by atoms with van der Waals surface area (Å²) in [5, 5.41) is 11.6. The fourth-order valence-electron chi connectivity index (χ4n) is 1.47. The van der Waals surface area contributed by atoms with Gasteiger partial charge in [0.1, 0.15) is 5.15 Å². The van der Waals surface area contributed by atoms with Gasteiger partial charge in [-0.25, -0.2) is 4.98 Å². The Morgan fingerprint density at radius 1 is 1.39 bits per heavy atom. The van der Waals surface area contributed by atoms with Gasteiger partial charge in [-0.15, -0.1) is 0 Å². The number of nitrogens with one attached hydrogen (secondary N) is 1. The van der Waals surface area contributed by atoms with Crippen LogP contribution in [-0.2, 0) is 0 Å². The zero-order valence-electron chi connectivity index (χ0n) is 9.96. The summed E-state index contributed by atoms with van der Waals surface area (Å²) in [5.41, 5.74) is 0.376. The highest BCUT2D eigenvalue weighted by atomic mass is 79.9. The van der Waals surface area contributed by atoms with Crippen LogP contribution < -0.4 is 5.32 Å². The van der Waals surface area contributed by atoms with Gasteiger partial charge >= 0.3 is 0 Å². The third-order valence-corrected chi connectivity index (χ3v) is 3.16. The van der Waals surface area contributed by atoms with Crippen LogP contribution in [0.15, 0.2) is 16.7 Å². The van der Waals surface area contributed by atoms with Gasteiger partial charge in [-0.3, -0.25) is 4.79 Å². The molecule has 0 aromatic carbocycles. The number of carbonyl (C=O) groups is 1. The maximum atomic E-state index is 11.8.